The van der Waals surface area contributed by atoms with Gasteiger partial charge in [-0.25, -0.2) is 0 Å². The zero-order valence-corrected chi connectivity index (χ0v) is 12.4. The number of carboxylic acids is 1. The lowest BCUT2D eigenvalue weighted by molar-refractivity contribution is -0.713. The van der Waals surface area contributed by atoms with Crippen molar-refractivity contribution in [3.63, 3.8) is 0 Å². The fourth-order valence-corrected chi connectivity index (χ4v) is 1.70. The maximum atomic E-state index is 11.6. The van der Waals surface area contributed by atoms with Gasteiger partial charge in [-0.1, -0.05) is 0 Å². The molecular formula is C12H21N3O6. The second-order valence-electron chi connectivity index (χ2n) is 5.83. The number of aliphatic carboxylic acids is 1. The van der Waals surface area contributed by atoms with Gasteiger partial charge >= 0.3 is 11.9 Å². The van der Waals surface area contributed by atoms with Gasteiger partial charge < -0.3 is 19.9 Å². The number of piperidine rings is 1. The normalized spacial score (nSPS) is 17.5. The van der Waals surface area contributed by atoms with Crippen LogP contribution < -0.4 is 0 Å². The summed E-state index contributed by atoms with van der Waals surface area (Å²) < 4.78 is 4.78. The summed E-state index contributed by atoms with van der Waals surface area (Å²) in [5.74, 6) is -1.74. The van der Waals surface area contributed by atoms with E-state index in [2.05, 4.69) is 10.1 Å². The third kappa shape index (κ3) is 5.44. The molecule has 0 saturated carbocycles. The first-order valence-corrected chi connectivity index (χ1v) is 6.67. The van der Waals surface area contributed by atoms with Crippen molar-refractivity contribution >= 4 is 11.9 Å². The SMILES string of the molecule is CC(C)(C)C(=O)OCON=[N+]([O-])N1CCC(C(=O)O)CC1. The van der Waals surface area contributed by atoms with Crippen molar-refractivity contribution in [3.05, 3.63) is 5.21 Å². The minimum atomic E-state index is -0.852. The Morgan fingerprint density at radius 1 is 1.38 bits per heavy atom. The first-order valence-electron chi connectivity index (χ1n) is 6.67. The van der Waals surface area contributed by atoms with Crippen LogP contribution in [0.25, 0.3) is 0 Å². The zero-order chi connectivity index (χ0) is 16.0. The molecule has 21 heavy (non-hydrogen) atoms. The number of ether oxygens (including phenoxy) is 1. The van der Waals surface area contributed by atoms with Gasteiger partial charge in [0, 0.05) is 0 Å². The summed E-state index contributed by atoms with van der Waals surface area (Å²) >= 11 is 0. The molecule has 1 rings (SSSR count). The van der Waals surface area contributed by atoms with Crippen molar-refractivity contribution in [1.82, 2.24) is 5.01 Å². The standard InChI is InChI=1S/C12H21N3O6/c1-12(2,3)11(18)20-8-21-13-15(19)14-6-4-9(5-7-14)10(16)17/h9H,4-8H2,1-3H3,(H,16,17). The number of esters is 1. The number of carbonyl (C=O) groups excluding carboxylic acids is 1. The second-order valence-corrected chi connectivity index (χ2v) is 5.83. The van der Waals surface area contributed by atoms with E-state index >= 15 is 0 Å². The molecule has 0 aromatic heterocycles. The van der Waals surface area contributed by atoms with Crippen molar-refractivity contribution in [2.24, 2.45) is 16.6 Å². The van der Waals surface area contributed by atoms with Gasteiger partial charge in [-0.05, 0) is 33.6 Å². The van der Waals surface area contributed by atoms with Crippen LogP contribution in [0.4, 0.5) is 0 Å². The second kappa shape index (κ2) is 7.09. The van der Waals surface area contributed by atoms with Gasteiger partial charge in [-0.3, -0.25) is 9.59 Å². The maximum Gasteiger partial charge on any atom is 0.314 e. The van der Waals surface area contributed by atoms with Gasteiger partial charge in [0.2, 0.25) is 5.28 Å². The number of carbonyl (C=O) groups is 2. The van der Waals surface area contributed by atoms with Gasteiger partial charge in [-0.2, -0.15) is 0 Å². The molecule has 1 N–H and O–H groups in total. The van der Waals surface area contributed by atoms with Crippen LogP contribution in [0, 0.1) is 16.5 Å². The van der Waals surface area contributed by atoms with E-state index in [0.717, 1.165) is 0 Å². The predicted octanol–water partition coefficient (Wildman–Crippen LogP) is 1.14. The summed E-state index contributed by atoms with van der Waals surface area (Å²) in [6.45, 7) is 5.21. The van der Waals surface area contributed by atoms with E-state index in [0.29, 0.717) is 12.8 Å². The summed E-state index contributed by atoms with van der Waals surface area (Å²) in [5.41, 5.74) is -0.654. The minimum absolute atomic E-state index is 0.253. The summed E-state index contributed by atoms with van der Waals surface area (Å²) in [4.78, 5) is 27.1. The van der Waals surface area contributed by atoms with Crippen LogP contribution in [0.1, 0.15) is 33.6 Å². The van der Waals surface area contributed by atoms with E-state index in [-0.39, 0.29) is 18.1 Å². The molecule has 0 aliphatic carbocycles. The molecule has 0 amide bonds. The average Bonchev–Trinajstić information content (AvgIpc) is 2.42. The largest absolute Gasteiger partial charge is 0.569 e. The summed E-state index contributed by atoms with van der Waals surface area (Å²) in [7, 11) is 0. The molecule has 0 bridgehead atoms. The molecule has 0 aromatic rings. The molecule has 1 aliphatic heterocycles. The van der Waals surface area contributed by atoms with Crippen LogP contribution in [-0.2, 0) is 19.2 Å². The van der Waals surface area contributed by atoms with E-state index in [9.17, 15) is 14.8 Å². The van der Waals surface area contributed by atoms with Crippen molar-refractivity contribution in [1.29, 1.82) is 0 Å². The van der Waals surface area contributed by atoms with Crippen molar-refractivity contribution < 1.29 is 29.2 Å². The molecule has 0 aromatic carbocycles. The van der Waals surface area contributed by atoms with E-state index in [1.54, 1.807) is 20.8 Å². The Labute approximate surface area is 122 Å². The van der Waals surface area contributed by atoms with Crippen LogP contribution in [0.2, 0.25) is 0 Å². The molecule has 0 atom stereocenters. The molecule has 1 saturated heterocycles. The van der Waals surface area contributed by atoms with E-state index < -0.39 is 30.1 Å². The number of hydrogen-bond donors (Lipinski definition) is 1. The highest BCUT2D eigenvalue weighted by molar-refractivity contribution is 5.75. The van der Waals surface area contributed by atoms with Crippen molar-refractivity contribution in [2.75, 3.05) is 19.9 Å². The number of carboxylic acid groups (broad SMARTS) is 1. The summed E-state index contributed by atoms with van der Waals surface area (Å²) in [5, 5.41) is 25.0. The Kier molecular flexibility index (Phi) is 5.74. The Hall–Kier alpha value is -2.06. The Balaban J connectivity index is 2.31. The minimum Gasteiger partial charge on any atom is -0.569 e. The van der Waals surface area contributed by atoms with Crippen molar-refractivity contribution in [2.45, 2.75) is 33.6 Å². The number of rotatable bonds is 5. The topological polar surface area (TPSA) is 114 Å². The highest BCUT2D eigenvalue weighted by Gasteiger charge is 2.28. The highest BCUT2D eigenvalue weighted by Crippen LogP contribution is 2.17. The van der Waals surface area contributed by atoms with Gasteiger partial charge in [0.25, 0.3) is 6.79 Å². The zero-order valence-electron chi connectivity index (χ0n) is 12.4. The maximum absolute atomic E-state index is 11.6. The van der Waals surface area contributed by atoms with Gasteiger partial charge in [0.15, 0.2) is 0 Å². The molecule has 9 nitrogen and oxygen atoms in total. The lowest BCUT2D eigenvalue weighted by Crippen LogP contribution is -2.40. The van der Waals surface area contributed by atoms with Crippen LogP contribution >= 0.6 is 0 Å². The summed E-state index contributed by atoms with van der Waals surface area (Å²) in [6, 6.07) is 0. The fraction of sp³-hybridized carbons (Fsp3) is 0.833. The molecular weight excluding hydrogens is 282 g/mol. The van der Waals surface area contributed by atoms with E-state index in [1.165, 1.54) is 5.01 Å². The highest BCUT2D eigenvalue weighted by atomic mass is 16.8. The van der Waals surface area contributed by atoms with Crippen molar-refractivity contribution in [3.8, 4) is 0 Å². The molecule has 0 radical (unpaired) electrons. The first-order chi connectivity index (χ1) is 9.71. The van der Waals surface area contributed by atoms with Crippen LogP contribution in [-0.4, -0.2) is 46.9 Å². The van der Waals surface area contributed by atoms with E-state index in [1.807, 2.05) is 0 Å². The lowest BCUT2D eigenvalue weighted by Gasteiger charge is -2.25. The van der Waals surface area contributed by atoms with Crippen LogP contribution in [0.3, 0.4) is 0 Å². The number of hydrazine groups is 1. The van der Waals surface area contributed by atoms with Gasteiger partial charge in [-0.15, -0.1) is 5.01 Å². The Morgan fingerprint density at radius 2 is 1.95 bits per heavy atom. The third-order valence-electron chi connectivity index (χ3n) is 3.05. The average molecular weight is 303 g/mol. The van der Waals surface area contributed by atoms with Gasteiger partial charge in [0.1, 0.15) is 0 Å². The van der Waals surface area contributed by atoms with Gasteiger partial charge in [0.05, 0.1) is 29.4 Å². The predicted molar refractivity (Wildman–Crippen MR) is 69.5 cm³/mol. The first kappa shape index (κ1) is 17.0. The molecule has 120 valence electrons. The Morgan fingerprint density at radius 3 is 2.43 bits per heavy atom. The monoisotopic (exact) mass is 303 g/mol. The molecule has 9 heteroatoms. The molecule has 0 spiro atoms. The van der Waals surface area contributed by atoms with E-state index in [4.69, 9.17) is 9.84 Å². The smallest absolute Gasteiger partial charge is 0.314 e. The van der Waals surface area contributed by atoms with Crippen LogP contribution in [0.5, 0.6) is 0 Å². The molecule has 1 heterocycles. The number of hydrogen-bond acceptors (Lipinski definition) is 6. The lowest BCUT2D eigenvalue weighted by atomic mass is 9.98. The quantitative estimate of drug-likeness (QED) is 0.202. The fourth-order valence-electron chi connectivity index (χ4n) is 1.70. The number of nitrogens with zero attached hydrogens (tertiary/aromatic N) is 3. The molecule has 0 unspecified atom stereocenters. The van der Waals surface area contributed by atoms with Crippen LogP contribution in [0.15, 0.2) is 5.28 Å². The molecule has 1 fully saturated rings. The third-order valence-corrected chi connectivity index (χ3v) is 3.05. The Bertz CT molecular complexity index is 410. The summed E-state index contributed by atoms with van der Waals surface area (Å²) in [6.07, 6.45) is 0.755. The molecule has 1 aliphatic rings.